The Labute approximate surface area is 123 Å². The zero-order valence-electron chi connectivity index (χ0n) is 11.8. The van der Waals surface area contributed by atoms with Crippen LogP contribution < -0.4 is 5.32 Å². The number of hydrogen-bond acceptors (Lipinski definition) is 5. The number of fused-ring (bicyclic) bond motifs is 1. The van der Waals surface area contributed by atoms with Gasteiger partial charge in [0.25, 0.3) is 0 Å². The number of aryl methyl sites for hydroxylation is 1. The fourth-order valence-electron chi connectivity index (χ4n) is 2.80. The third kappa shape index (κ3) is 2.61. The molecule has 2 heterocycles. The van der Waals surface area contributed by atoms with E-state index in [-0.39, 0.29) is 12.1 Å². The van der Waals surface area contributed by atoms with Crippen LogP contribution in [0.25, 0.3) is 0 Å². The van der Waals surface area contributed by atoms with E-state index in [0.717, 1.165) is 25.1 Å². The smallest absolute Gasteiger partial charge is 0.0846 e. The molecule has 2 atom stereocenters. The molecule has 20 heavy (non-hydrogen) atoms. The molecule has 1 aromatic carbocycles. The van der Waals surface area contributed by atoms with Crippen molar-refractivity contribution in [3.05, 3.63) is 46.0 Å². The van der Waals surface area contributed by atoms with E-state index in [1.54, 1.807) is 0 Å². The molecule has 1 aliphatic heterocycles. The predicted molar refractivity (Wildman–Crippen MR) is 79.9 cm³/mol. The normalized spacial score (nSPS) is 19.6. The van der Waals surface area contributed by atoms with Gasteiger partial charge in [-0.1, -0.05) is 28.8 Å². The number of nitrogens with one attached hydrogen (secondary N) is 1. The Bertz CT molecular complexity index is 584. The maximum Gasteiger partial charge on any atom is 0.0846 e. The lowest BCUT2D eigenvalue weighted by Crippen LogP contribution is -2.23. The molecule has 0 spiro atoms. The molecule has 1 aliphatic rings. The Hall–Kier alpha value is -1.30. The summed E-state index contributed by atoms with van der Waals surface area (Å²) in [6.07, 6.45) is 2.08. The van der Waals surface area contributed by atoms with E-state index in [9.17, 15) is 0 Å². The molecule has 0 bridgehead atoms. The van der Waals surface area contributed by atoms with Crippen molar-refractivity contribution in [3.63, 3.8) is 0 Å². The van der Waals surface area contributed by atoms with Gasteiger partial charge in [0.2, 0.25) is 0 Å². The van der Waals surface area contributed by atoms with Gasteiger partial charge in [-0.25, -0.2) is 0 Å². The maximum atomic E-state index is 6.00. The van der Waals surface area contributed by atoms with Gasteiger partial charge in [-0.3, -0.25) is 0 Å². The lowest BCUT2D eigenvalue weighted by Gasteiger charge is -2.29. The molecular weight excluding hydrogens is 270 g/mol. The molecule has 1 aromatic heterocycles. The summed E-state index contributed by atoms with van der Waals surface area (Å²) in [6.45, 7) is 2.82. The molecule has 2 unspecified atom stereocenters. The second kappa shape index (κ2) is 5.99. The van der Waals surface area contributed by atoms with E-state index in [2.05, 4.69) is 39.2 Å². The van der Waals surface area contributed by atoms with Gasteiger partial charge in [-0.05, 0) is 49.5 Å². The Morgan fingerprint density at radius 3 is 3.05 bits per heavy atom. The predicted octanol–water partition coefficient (Wildman–Crippen LogP) is 2.81. The Kier molecular flexibility index (Phi) is 4.10. The van der Waals surface area contributed by atoms with Crippen molar-refractivity contribution in [1.29, 1.82) is 0 Å². The van der Waals surface area contributed by atoms with Crippen molar-refractivity contribution < 1.29 is 4.74 Å². The monoisotopic (exact) mass is 289 g/mol. The van der Waals surface area contributed by atoms with E-state index in [1.807, 2.05) is 14.0 Å². The van der Waals surface area contributed by atoms with Crippen LogP contribution in [0.5, 0.6) is 0 Å². The molecule has 0 fully saturated rings. The first-order valence-corrected chi connectivity index (χ1v) is 7.72. The van der Waals surface area contributed by atoms with Crippen molar-refractivity contribution in [3.8, 4) is 0 Å². The topological polar surface area (TPSA) is 47.0 Å². The van der Waals surface area contributed by atoms with Crippen LogP contribution in [0.1, 0.15) is 40.3 Å². The highest BCUT2D eigenvalue weighted by atomic mass is 32.1. The van der Waals surface area contributed by atoms with Crippen LogP contribution in [0.4, 0.5) is 0 Å². The Morgan fingerprint density at radius 1 is 1.45 bits per heavy atom. The highest BCUT2D eigenvalue weighted by Gasteiger charge is 2.26. The summed E-state index contributed by atoms with van der Waals surface area (Å²) in [5, 5.41) is 7.48. The summed E-state index contributed by atoms with van der Waals surface area (Å²) < 4.78 is 10.0. The lowest BCUT2D eigenvalue weighted by atomic mass is 9.93. The molecular formula is C15H19N3OS. The summed E-state index contributed by atoms with van der Waals surface area (Å²) in [5.41, 5.74) is 3.75. The van der Waals surface area contributed by atoms with Gasteiger partial charge >= 0.3 is 0 Å². The van der Waals surface area contributed by atoms with E-state index in [1.165, 1.54) is 27.5 Å². The van der Waals surface area contributed by atoms with E-state index < -0.39 is 0 Å². The average Bonchev–Trinajstić information content (AvgIpc) is 2.91. The van der Waals surface area contributed by atoms with E-state index in [4.69, 9.17) is 4.74 Å². The molecule has 0 radical (unpaired) electrons. The SMILES string of the molecule is CNC(CC1OCCc2ccccc21)c1snnc1C. The quantitative estimate of drug-likeness (QED) is 0.940. The first-order chi connectivity index (χ1) is 9.79. The second-order valence-corrected chi connectivity index (χ2v) is 5.89. The highest BCUT2D eigenvalue weighted by molar-refractivity contribution is 7.05. The molecule has 0 saturated carbocycles. The summed E-state index contributed by atoms with van der Waals surface area (Å²) in [6, 6.07) is 8.83. The summed E-state index contributed by atoms with van der Waals surface area (Å²) in [5.74, 6) is 0. The zero-order chi connectivity index (χ0) is 13.9. The first-order valence-electron chi connectivity index (χ1n) is 6.95. The van der Waals surface area contributed by atoms with Gasteiger partial charge < -0.3 is 10.1 Å². The highest BCUT2D eigenvalue weighted by Crippen LogP contribution is 2.35. The molecule has 0 saturated heterocycles. The van der Waals surface area contributed by atoms with Crippen LogP contribution in [-0.4, -0.2) is 23.2 Å². The number of aromatic nitrogens is 2. The molecule has 106 valence electrons. The summed E-state index contributed by atoms with van der Waals surface area (Å²) in [7, 11) is 1.98. The van der Waals surface area contributed by atoms with Crippen LogP contribution >= 0.6 is 11.5 Å². The second-order valence-electron chi connectivity index (χ2n) is 5.11. The summed E-state index contributed by atoms with van der Waals surface area (Å²) in [4.78, 5) is 1.21. The lowest BCUT2D eigenvalue weighted by molar-refractivity contribution is 0.0300. The largest absolute Gasteiger partial charge is 0.373 e. The molecule has 1 N–H and O–H groups in total. The third-order valence-electron chi connectivity index (χ3n) is 3.89. The van der Waals surface area contributed by atoms with Crippen LogP contribution in [0, 0.1) is 6.92 Å². The van der Waals surface area contributed by atoms with Gasteiger partial charge in [0, 0.05) is 6.04 Å². The Morgan fingerprint density at radius 2 is 2.30 bits per heavy atom. The Balaban J connectivity index is 1.82. The fraction of sp³-hybridized carbons (Fsp3) is 0.467. The molecule has 4 nitrogen and oxygen atoms in total. The number of nitrogens with zero attached hydrogens (tertiary/aromatic N) is 2. The minimum atomic E-state index is 0.152. The van der Waals surface area contributed by atoms with Crippen molar-refractivity contribution >= 4 is 11.5 Å². The minimum absolute atomic E-state index is 0.152. The van der Waals surface area contributed by atoms with Crippen molar-refractivity contribution in [2.75, 3.05) is 13.7 Å². The summed E-state index contributed by atoms with van der Waals surface area (Å²) >= 11 is 1.47. The first kappa shape index (κ1) is 13.7. The van der Waals surface area contributed by atoms with Gasteiger partial charge in [0.1, 0.15) is 0 Å². The van der Waals surface area contributed by atoms with Crippen molar-refractivity contribution in [2.24, 2.45) is 0 Å². The zero-order valence-corrected chi connectivity index (χ0v) is 12.6. The number of rotatable bonds is 4. The van der Waals surface area contributed by atoms with Gasteiger partial charge in [-0.15, -0.1) is 5.10 Å². The fourth-order valence-corrected chi connectivity index (χ4v) is 3.56. The number of ether oxygens (including phenoxy) is 1. The standard InChI is InChI=1S/C15H19N3OS/c1-10-15(20-18-17-10)13(16-2)9-14-12-6-4-3-5-11(12)7-8-19-14/h3-6,13-14,16H,7-9H2,1-2H3. The van der Waals surface area contributed by atoms with Crippen molar-refractivity contribution in [2.45, 2.75) is 31.9 Å². The van der Waals surface area contributed by atoms with Gasteiger partial charge in [0.15, 0.2) is 0 Å². The van der Waals surface area contributed by atoms with Gasteiger partial charge in [-0.2, -0.15) is 0 Å². The maximum absolute atomic E-state index is 6.00. The molecule has 2 aromatic rings. The number of benzene rings is 1. The van der Waals surface area contributed by atoms with Crippen LogP contribution in [0.15, 0.2) is 24.3 Å². The van der Waals surface area contributed by atoms with Crippen LogP contribution in [-0.2, 0) is 11.2 Å². The van der Waals surface area contributed by atoms with E-state index >= 15 is 0 Å². The van der Waals surface area contributed by atoms with Crippen molar-refractivity contribution in [1.82, 2.24) is 14.9 Å². The van der Waals surface area contributed by atoms with Gasteiger partial charge in [0.05, 0.1) is 23.3 Å². The van der Waals surface area contributed by atoms with Crippen LogP contribution in [0.2, 0.25) is 0 Å². The minimum Gasteiger partial charge on any atom is -0.373 e. The molecule has 0 aliphatic carbocycles. The molecule has 0 amide bonds. The van der Waals surface area contributed by atoms with Crippen LogP contribution in [0.3, 0.4) is 0 Å². The third-order valence-corrected chi connectivity index (χ3v) is 4.83. The molecule has 5 heteroatoms. The number of hydrogen-bond donors (Lipinski definition) is 1. The van der Waals surface area contributed by atoms with E-state index in [0.29, 0.717) is 0 Å². The molecule has 3 rings (SSSR count). The average molecular weight is 289 g/mol.